The number of aromatic nitrogens is 2. The summed E-state index contributed by atoms with van der Waals surface area (Å²) in [6, 6.07) is 3.81. The van der Waals surface area contributed by atoms with E-state index >= 15 is 0 Å². The molecule has 0 aliphatic carbocycles. The number of benzene rings is 1. The second-order valence-electron chi connectivity index (χ2n) is 5.76. The van der Waals surface area contributed by atoms with Crippen LogP contribution < -0.4 is 14.8 Å². The minimum atomic E-state index is -0.771. The van der Waals surface area contributed by atoms with E-state index in [1.165, 1.54) is 25.3 Å². The lowest BCUT2D eigenvalue weighted by atomic mass is 10.3. The number of ether oxygens (including phenoxy) is 3. The van der Waals surface area contributed by atoms with Crippen LogP contribution in [0.4, 0.5) is 11.4 Å². The largest absolute Gasteiger partial charge is 0.490 e. The molecule has 1 N–H and O–H groups in total. The summed E-state index contributed by atoms with van der Waals surface area (Å²) in [6.07, 6.45) is 0. The highest BCUT2D eigenvalue weighted by molar-refractivity contribution is 5.93. The molecule has 0 aliphatic heterocycles. The fraction of sp³-hybridized carbons (Fsp3) is 0.353. The highest BCUT2D eigenvalue weighted by atomic mass is 16.6. The van der Waals surface area contributed by atoms with Gasteiger partial charge in [0.1, 0.15) is 5.75 Å². The van der Waals surface area contributed by atoms with Crippen LogP contribution in [0.3, 0.4) is 0 Å². The lowest BCUT2D eigenvalue weighted by Crippen LogP contribution is -2.24. The van der Waals surface area contributed by atoms with Crippen LogP contribution in [-0.2, 0) is 21.4 Å². The van der Waals surface area contributed by atoms with Crippen LogP contribution in [0, 0.1) is 24.0 Å². The lowest BCUT2D eigenvalue weighted by molar-refractivity contribution is -0.385. The number of carbonyl (C=O) groups excluding carboxylic acids is 2. The Morgan fingerprint density at radius 1 is 1.29 bits per heavy atom. The molecule has 0 saturated carbocycles. The number of nitro groups is 1. The van der Waals surface area contributed by atoms with Crippen molar-refractivity contribution in [1.29, 1.82) is 0 Å². The Kier molecular flexibility index (Phi) is 6.53. The molecule has 1 amide bonds. The van der Waals surface area contributed by atoms with E-state index in [1.807, 2.05) is 0 Å². The fourth-order valence-electron chi connectivity index (χ4n) is 2.36. The standard InChI is InChI=1S/C17H20N4O7/c1-10-17(11(2)20(3)19-10)18-15(22)8-28-16(23)9-27-12-5-6-13(21(24)25)14(7-12)26-4/h5-7H,8-9H2,1-4H3,(H,18,22). The molecule has 11 heteroatoms. The molecule has 1 heterocycles. The van der Waals surface area contributed by atoms with Gasteiger partial charge < -0.3 is 19.5 Å². The van der Waals surface area contributed by atoms with Crippen molar-refractivity contribution in [2.45, 2.75) is 13.8 Å². The number of nitrogens with zero attached hydrogens (tertiary/aromatic N) is 3. The number of nitro benzene ring substituents is 1. The topological polar surface area (TPSA) is 135 Å². The molecule has 0 atom stereocenters. The molecule has 1 aromatic carbocycles. The van der Waals surface area contributed by atoms with Crippen molar-refractivity contribution >= 4 is 23.3 Å². The molecule has 11 nitrogen and oxygen atoms in total. The number of aryl methyl sites for hydroxylation is 2. The predicted octanol–water partition coefficient (Wildman–Crippen LogP) is 1.51. The quantitative estimate of drug-likeness (QED) is 0.406. The average molecular weight is 392 g/mol. The van der Waals surface area contributed by atoms with E-state index in [2.05, 4.69) is 10.4 Å². The summed E-state index contributed by atoms with van der Waals surface area (Å²) in [7, 11) is 3.03. The van der Waals surface area contributed by atoms with Crippen molar-refractivity contribution in [3.05, 3.63) is 39.7 Å². The molecule has 0 spiro atoms. The lowest BCUT2D eigenvalue weighted by Gasteiger charge is -2.09. The van der Waals surface area contributed by atoms with Gasteiger partial charge >= 0.3 is 11.7 Å². The van der Waals surface area contributed by atoms with E-state index in [0.29, 0.717) is 11.4 Å². The maximum absolute atomic E-state index is 11.9. The van der Waals surface area contributed by atoms with Crippen molar-refractivity contribution in [3.8, 4) is 11.5 Å². The van der Waals surface area contributed by atoms with Crippen molar-refractivity contribution in [1.82, 2.24) is 9.78 Å². The van der Waals surface area contributed by atoms with Gasteiger partial charge in [-0.25, -0.2) is 4.79 Å². The fourth-order valence-corrected chi connectivity index (χ4v) is 2.36. The van der Waals surface area contributed by atoms with Crippen molar-refractivity contribution in [2.24, 2.45) is 7.05 Å². The smallest absolute Gasteiger partial charge is 0.344 e. The number of anilines is 1. The normalized spacial score (nSPS) is 10.3. The third-order valence-electron chi connectivity index (χ3n) is 3.84. The summed E-state index contributed by atoms with van der Waals surface area (Å²) in [4.78, 5) is 34.0. The Hall–Kier alpha value is -3.63. The number of hydrogen-bond donors (Lipinski definition) is 1. The number of methoxy groups -OCH3 is 1. The van der Waals surface area contributed by atoms with E-state index in [1.54, 1.807) is 25.6 Å². The van der Waals surface area contributed by atoms with Crippen LogP contribution in [0.1, 0.15) is 11.4 Å². The first kappa shape index (κ1) is 20.7. The second-order valence-corrected chi connectivity index (χ2v) is 5.76. The predicted molar refractivity (Wildman–Crippen MR) is 97.4 cm³/mol. The minimum Gasteiger partial charge on any atom is -0.490 e. The Bertz CT molecular complexity index is 907. The second kappa shape index (κ2) is 8.84. The van der Waals surface area contributed by atoms with Crippen LogP contribution in [-0.4, -0.2) is 46.9 Å². The summed E-state index contributed by atoms with van der Waals surface area (Å²) in [5.41, 5.74) is 1.76. The molecule has 0 bridgehead atoms. The van der Waals surface area contributed by atoms with E-state index in [-0.39, 0.29) is 17.2 Å². The molecule has 1 aromatic heterocycles. The first-order chi connectivity index (χ1) is 13.2. The summed E-state index contributed by atoms with van der Waals surface area (Å²) in [6.45, 7) is 2.59. The van der Waals surface area contributed by atoms with Gasteiger partial charge in [0.15, 0.2) is 13.2 Å². The zero-order valence-electron chi connectivity index (χ0n) is 15.8. The first-order valence-corrected chi connectivity index (χ1v) is 8.13. The number of amides is 1. The third-order valence-corrected chi connectivity index (χ3v) is 3.84. The monoisotopic (exact) mass is 392 g/mol. The Morgan fingerprint density at radius 2 is 2.00 bits per heavy atom. The Balaban J connectivity index is 1.84. The molecule has 0 fully saturated rings. The van der Waals surface area contributed by atoms with Gasteiger partial charge in [-0.2, -0.15) is 5.10 Å². The van der Waals surface area contributed by atoms with Crippen molar-refractivity contribution in [2.75, 3.05) is 25.6 Å². The zero-order chi connectivity index (χ0) is 20.8. The average Bonchev–Trinajstić information content (AvgIpc) is 2.90. The van der Waals surface area contributed by atoms with Crippen LogP contribution in [0.25, 0.3) is 0 Å². The molecule has 2 rings (SSSR count). The molecule has 150 valence electrons. The van der Waals surface area contributed by atoms with E-state index in [0.717, 1.165) is 5.69 Å². The summed E-state index contributed by atoms with van der Waals surface area (Å²) < 4.78 is 16.6. The molecular formula is C17H20N4O7. The Morgan fingerprint density at radius 3 is 2.57 bits per heavy atom. The van der Waals surface area contributed by atoms with Gasteiger partial charge in [0.2, 0.25) is 5.75 Å². The summed E-state index contributed by atoms with van der Waals surface area (Å²) in [5, 5.41) is 17.7. The van der Waals surface area contributed by atoms with Crippen LogP contribution >= 0.6 is 0 Å². The maximum Gasteiger partial charge on any atom is 0.344 e. The van der Waals surface area contributed by atoms with Crippen LogP contribution in [0.5, 0.6) is 11.5 Å². The number of carbonyl (C=O) groups is 2. The van der Waals surface area contributed by atoms with E-state index in [4.69, 9.17) is 14.2 Å². The van der Waals surface area contributed by atoms with Crippen molar-refractivity contribution in [3.63, 3.8) is 0 Å². The summed E-state index contributed by atoms with van der Waals surface area (Å²) >= 11 is 0. The van der Waals surface area contributed by atoms with Gasteiger partial charge in [0, 0.05) is 19.2 Å². The number of esters is 1. The Labute approximate surface area is 160 Å². The first-order valence-electron chi connectivity index (χ1n) is 8.13. The van der Waals surface area contributed by atoms with Gasteiger partial charge in [-0.05, 0) is 19.9 Å². The number of nitrogens with one attached hydrogen (secondary N) is 1. The van der Waals surface area contributed by atoms with Gasteiger partial charge in [-0.3, -0.25) is 19.6 Å². The van der Waals surface area contributed by atoms with E-state index in [9.17, 15) is 19.7 Å². The van der Waals surface area contributed by atoms with Gasteiger partial charge in [-0.1, -0.05) is 0 Å². The van der Waals surface area contributed by atoms with Gasteiger partial charge in [0.05, 0.1) is 29.1 Å². The molecule has 0 unspecified atom stereocenters. The van der Waals surface area contributed by atoms with Crippen LogP contribution in [0.15, 0.2) is 18.2 Å². The van der Waals surface area contributed by atoms with Gasteiger partial charge in [0.25, 0.3) is 5.91 Å². The van der Waals surface area contributed by atoms with Crippen molar-refractivity contribution < 1.29 is 28.7 Å². The highest BCUT2D eigenvalue weighted by Gasteiger charge is 2.17. The van der Waals surface area contributed by atoms with E-state index < -0.39 is 30.0 Å². The number of rotatable bonds is 8. The molecule has 0 saturated heterocycles. The molecule has 28 heavy (non-hydrogen) atoms. The zero-order valence-corrected chi connectivity index (χ0v) is 15.8. The van der Waals surface area contributed by atoms with Crippen LogP contribution in [0.2, 0.25) is 0 Å². The third kappa shape index (κ3) is 4.96. The SMILES string of the molecule is COc1cc(OCC(=O)OCC(=O)Nc2c(C)nn(C)c2C)ccc1[N+](=O)[O-]. The minimum absolute atomic E-state index is 0.00236. The highest BCUT2D eigenvalue weighted by Crippen LogP contribution is 2.30. The molecule has 0 radical (unpaired) electrons. The molecule has 2 aromatic rings. The molecule has 0 aliphatic rings. The summed E-state index contributed by atoms with van der Waals surface area (Å²) in [5.74, 6) is -1.10. The molecular weight excluding hydrogens is 372 g/mol. The number of hydrogen-bond acceptors (Lipinski definition) is 8. The van der Waals surface area contributed by atoms with Gasteiger partial charge in [-0.15, -0.1) is 0 Å². The maximum atomic E-state index is 11.9.